The molecule has 0 aliphatic carbocycles. The van der Waals surface area contributed by atoms with Crippen molar-refractivity contribution in [3.8, 4) is 21.8 Å². The minimum Gasteiger partial charge on any atom is -0.364 e. The third-order valence-electron chi connectivity index (χ3n) is 4.13. The van der Waals surface area contributed by atoms with Gasteiger partial charge < -0.3 is 9.84 Å². The average molecular weight is 422 g/mol. The van der Waals surface area contributed by atoms with Gasteiger partial charge in [0, 0.05) is 28.7 Å². The summed E-state index contributed by atoms with van der Waals surface area (Å²) >= 11 is 14.0. The maximum absolute atomic E-state index is 9.95. The van der Waals surface area contributed by atoms with Crippen LogP contribution in [0.5, 0.6) is 0 Å². The van der Waals surface area contributed by atoms with Gasteiger partial charge in [-0.2, -0.15) is 0 Å². The second kappa shape index (κ2) is 8.72. The lowest BCUT2D eigenvalue weighted by atomic mass is 10.0. The number of aromatic nitrogens is 1. The molecule has 6 heteroatoms. The van der Waals surface area contributed by atoms with E-state index in [1.54, 1.807) is 17.4 Å². The molecule has 1 atom stereocenters. The molecule has 0 saturated heterocycles. The van der Waals surface area contributed by atoms with E-state index in [0.29, 0.717) is 21.5 Å². The molecular weight excluding hydrogens is 401 g/mol. The Morgan fingerprint density at radius 1 is 1.07 bits per heavy atom. The zero-order chi connectivity index (χ0) is 19.6. The molecule has 0 saturated carbocycles. The van der Waals surface area contributed by atoms with Crippen molar-refractivity contribution in [3.05, 3.63) is 63.0 Å². The predicted molar refractivity (Wildman–Crippen MR) is 114 cm³/mol. The number of hydrogen-bond acceptors (Lipinski definition) is 4. The number of nitrogens with zero attached hydrogens (tertiary/aromatic N) is 1. The monoisotopic (exact) mass is 421 g/mol. The second-order valence-electron chi connectivity index (χ2n) is 6.73. The Morgan fingerprint density at radius 3 is 2.52 bits per heavy atom. The largest absolute Gasteiger partial charge is 0.364 e. The molecule has 0 bridgehead atoms. The number of hydrogen-bond donors (Lipinski definition) is 1. The SMILES string of the molecule is COC(O)c1cccc(-c2nc(-c3ccc(Cl)c(Cl)c3)c(CC(C)C)s2)c1. The molecule has 1 aromatic heterocycles. The highest BCUT2D eigenvalue weighted by atomic mass is 35.5. The highest BCUT2D eigenvalue weighted by Crippen LogP contribution is 2.37. The lowest BCUT2D eigenvalue weighted by Crippen LogP contribution is -1.99. The van der Waals surface area contributed by atoms with Gasteiger partial charge in [-0.3, -0.25) is 0 Å². The van der Waals surface area contributed by atoms with E-state index in [-0.39, 0.29) is 0 Å². The maximum atomic E-state index is 9.95. The van der Waals surface area contributed by atoms with Crippen LogP contribution >= 0.6 is 34.5 Å². The van der Waals surface area contributed by atoms with Crippen molar-refractivity contribution in [2.24, 2.45) is 5.92 Å². The van der Waals surface area contributed by atoms with E-state index in [9.17, 15) is 5.11 Å². The van der Waals surface area contributed by atoms with Gasteiger partial charge >= 0.3 is 0 Å². The average Bonchev–Trinajstić information content (AvgIpc) is 3.06. The number of aliphatic hydroxyl groups is 1. The summed E-state index contributed by atoms with van der Waals surface area (Å²) in [6.07, 6.45) is -0.0252. The number of ether oxygens (including phenoxy) is 1. The zero-order valence-electron chi connectivity index (χ0n) is 15.4. The molecule has 0 aliphatic rings. The van der Waals surface area contributed by atoms with Crippen molar-refractivity contribution in [2.45, 2.75) is 26.6 Å². The molecule has 27 heavy (non-hydrogen) atoms. The smallest absolute Gasteiger partial charge is 0.180 e. The first-order chi connectivity index (χ1) is 12.9. The van der Waals surface area contributed by atoms with E-state index in [2.05, 4.69) is 13.8 Å². The van der Waals surface area contributed by atoms with Gasteiger partial charge in [-0.25, -0.2) is 4.98 Å². The number of methoxy groups -OCH3 is 1. The molecule has 0 fully saturated rings. The summed E-state index contributed by atoms with van der Waals surface area (Å²) in [5.41, 5.74) is 3.53. The number of halogens is 2. The minimum absolute atomic E-state index is 0.501. The van der Waals surface area contributed by atoms with Gasteiger partial charge in [-0.05, 0) is 30.5 Å². The van der Waals surface area contributed by atoms with E-state index in [4.69, 9.17) is 32.9 Å². The standard InChI is InChI=1S/C21H21Cl2NO2S/c1-12(2)9-18-19(13-7-8-16(22)17(23)11-13)24-20(27-18)14-5-4-6-15(10-14)21(25)26-3/h4-8,10-12,21,25H,9H2,1-3H3. The molecule has 3 aromatic rings. The van der Waals surface area contributed by atoms with E-state index >= 15 is 0 Å². The van der Waals surface area contributed by atoms with Crippen LogP contribution in [0, 0.1) is 5.92 Å². The zero-order valence-corrected chi connectivity index (χ0v) is 17.7. The summed E-state index contributed by atoms with van der Waals surface area (Å²) in [5.74, 6) is 0.501. The van der Waals surface area contributed by atoms with Crippen molar-refractivity contribution in [2.75, 3.05) is 7.11 Å². The molecule has 0 radical (unpaired) electrons. The fraction of sp³-hybridized carbons (Fsp3) is 0.286. The number of thiazole rings is 1. The van der Waals surface area contributed by atoms with Crippen LogP contribution in [0.3, 0.4) is 0 Å². The summed E-state index contributed by atoms with van der Waals surface area (Å²) < 4.78 is 5.01. The van der Waals surface area contributed by atoms with Crippen LogP contribution in [-0.2, 0) is 11.2 Å². The van der Waals surface area contributed by atoms with E-state index < -0.39 is 6.29 Å². The summed E-state index contributed by atoms with van der Waals surface area (Å²) in [6, 6.07) is 13.2. The molecule has 0 aliphatic heterocycles. The maximum Gasteiger partial charge on any atom is 0.180 e. The number of aliphatic hydroxyl groups excluding tert-OH is 1. The third kappa shape index (κ3) is 4.71. The van der Waals surface area contributed by atoms with Crippen molar-refractivity contribution in [1.82, 2.24) is 4.98 Å². The first-order valence-electron chi connectivity index (χ1n) is 8.65. The van der Waals surface area contributed by atoms with E-state index in [1.165, 1.54) is 12.0 Å². The quantitative estimate of drug-likeness (QED) is 0.454. The summed E-state index contributed by atoms with van der Waals surface area (Å²) in [7, 11) is 1.48. The van der Waals surface area contributed by atoms with Crippen molar-refractivity contribution in [3.63, 3.8) is 0 Å². The molecule has 3 rings (SSSR count). The lowest BCUT2D eigenvalue weighted by molar-refractivity contribution is -0.0769. The van der Waals surface area contributed by atoms with E-state index in [0.717, 1.165) is 28.2 Å². The minimum atomic E-state index is -0.949. The Morgan fingerprint density at radius 2 is 1.85 bits per heavy atom. The molecule has 2 aromatic carbocycles. The summed E-state index contributed by atoms with van der Waals surface area (Å²) in [4.78, 5) is 6.10. The van der Waals surface area contributed by atoms with Crippen molar-refractivity contribution in [1.29, 1.82) is 0 Å². The van der Waals surface area contributed by atoms with Gasteiger partial charge in [-0.1, -0.05) is 61.3 Å². The molecule has 0 spiro atoms. The Balaban J connectivity index is 2.08. The molecule has 3 nitrogen and oxygen atoms in total. The second-order valence-corrected chi connectivity index (χ2v) is 8.63. The fourth-order valence-corrected chi connectivity index (χ4v) is 4.40. The van der Waals surface area contributed by atoms with Gasteiger partial charge in [0.2, 0.25) is 0 Å². The van der Waals surface area contributed by atoms with E-state index in [1.807, 2.05) is 36.4 Å². The first kappa shape index (κ1) is 20.3. The fourth-order valence-electron chi connectivity index (χ4n) is 2.81. The summed E-state index contributed by atoms with van der Waals surface area (Å²) in [6.45, 7) is 4.38. The highest BCUT2D eigenvalue weighted by Gasteiger charge is 2.17. The molecular formula is C21H21Cl2NO2S. The Kier molecular flexibility index (Phi) is 6.56. The van der Waals surface area contributed by atoms with Gasteiger partial charge in [0.15, 0.2) is 6.29 Å². The normalized spacial score (nSPS) is 12.6. The van der Waals surface area contributed by atoms with Crippen LogP contribution in [0.2, 0.25) is 10.0 Å². The molecule has 1 unspecified atom stereocenters. The lowest BCUT2D eigenvalue weighted by Gasteiger charge is -2.09. The van der Waals surface area contributed by atoms with Gasteiger partial charge in [-0.15, -0.1) is 11.3 Å². The Hall–Kier alpha value is -1.43. The summed E-state index contributed by atoms with van der Waals surface area (Å²) in [5, 5.41) is 11.9. The molecule has 1 N–H and O–H groups in total. The van der Waals surface area contributed by atoms with Gasteiger partial charge in [0.1, 0.15) is 5.01 Å². The highest BCUT2D eigenvalue weighted by molar-refractivity contribution is 7.15. The molecule has 1 heterocycles. The Labute approximate surface area is 173 Å². The predicted octanol–water partition coefficient (Wildman–Crippen LogP) is 6.62. The van der Waals surface area contributed by atoms with Crippen LogP contribution in [0.15, 0.2) is 42.5 Å². The number of rotatable bonds is 6. The van der Waals surface area contributed by atoms with Crippen LogP contribution in [0.25, 0.3) is 21.8 Å². The molecule has 142 valence electrons. The van der Waals surface area contributed by atoms with Crippen molar-refractivity contribution >= 4 is 34.5 Å². The third-order valence-corrected chi connectivity index (χ3v) is 5.99. The topological polar surface area (TPSA) is 42.4 Å². The van der Waals surface area contributed by atoms with Gasteiger partial charge in [0.05, 0.1) is 15.7 Å². The van der Waals surface area contributed by atoms with Crippen LogP contribution in [0.1, 0.15) is 30.6 Å². The first-order valence-corrected chi connectivity index (χ1v) is 10.2. The van der Waals surface area contributed by atoms with Crippen LogP contribution in [0.4, 0.5) is 0 Å². The number of benzene rings is 2. The van der Waals surface area contributed by atoms with Crippen LogP contribution in [-0.4, -0.2) is 17.2 Å². The Bertz CT molecular complexity index is 940. The van der Waals surface area contributed by atoms with Crippen molar-refractivity contribution < 1.29 is 9.84 Å². The van der Waals surface area contributed by atoms with Gasteiger partial charge in [0.25, 0.3) is 0 Å². The van der Waals surface area contributed by atoms with Crippen LogP contribution < -0.4 is 0 Å². The molecule has 0 amide bonds.